The predicted molar refractivity (Wildman–Crippen MR) is 122 cm³/mol. The van der Waals surface area contributed by atoms with Gasteiger partial charge in [-0.2, -0.15) is 0 Å². The molecular formula is C23H24FN3O5S. The largest absolute Gasteiger partial charge is 0.469 e. The van der Waals surface area contributed by atoms with Gasteiger partial charge in [-0.1, -0.05) is 18.2 Å². The summed E-state index contributed by atoms with van der Waals surface area (Å²) in [5, 5.41) is 6.00. The summed E-state index contributed by atoms with van der Waals surface area (Å²) in [7, 11) is -0.636. The van der Waals surface area contributed by atoms with Gasteiger partial charge in [-0.25, -0.2) is 18.5 Å². The molecule has 1 atom stereocenters. The van der Waals surface area contributed by atoms with E-state index in [-0.39, 0.29) is 23.6 Å². The molecule has 3 aromatic rings. The van der Waals surface area contributed by atoms with Gasteiger partial charge in [0.2, 0.25) is 0 Å². The minimum absolute atomic E-state index is 0.0739. The van der Waals surface area contributed by atoms with Gasteiger partial charge in [0.05, 0.1) is 18.4 Å². The predicted octanol–water partition coefficient (Wildman–Crippen LogP) is 3.34. The van der Waals surface area contributed by atoms with Crippen LogP contribution < -0.4 is 10.5 Å². The molecule has 2 aromatic carbocycles. The van der Waals surface area contributed by atoms with Crippen LogP contribution in [0.2, 0.25) is 0 Å². The van der Waals surface area contributed by atoms with E-state index in [0.717, 1.165) is 11.1 Å². The molecule has 0 bridgehead atoms. The lowest BCUT2D eigenvalue weighted by molar-refractivity contribution is -0.139. The highest BCUT2D eigenvalue weighted by Crippen LogP contribution is 2.30. The van der Waals surface area contributed by atoms with Crippen LogP contribution in [0.4, 0.5) is 4.39 Å². The summed E-state index contributed by atoms with van der Waals surface area (Å²) < 4.78 is 40.9. The number of aromatic amines is 1. The van der Waals surface area contributed by atoms with Crippen LogP contribution in [0.5, 0.6) is 0 Å². The van der Waals surface area contributed by atoms with E-state index < -0.39 is 28.5 Å². The molecule has 2 N–H and O–H groups in total. The quantitative estimate of drug-likeness (QED) is 0.509. The van der Waals surface area contributed by atoms with Crippen molar-refractivity contribution in [2.24, 2.45) is 0 Å². The highest BCUT2D eigenvalue weighted by atomic mass is 32.2. The van der Waals surface area contributed by atoms with E-state index in [1.807, 2.05) is 6.92 Å². The average Bonchev–Trinajstić information content (AvgIpc) is 3.21. The number of allylic oxidation sites excluding steroid dienone is 1. The molecule has 0 radical (unpaired) electrons. The van der Waals surface area contributed by atoms with E-state index in [9.17, 15) is 18.2 Å². The number of benzene rings is 2. The van der Waals surface area contributed by atoms with Crippen molar-refractivity contribution in [2.75, 3.05) is 7.11 Å². The molecule has 0 fully saturated rings. The summed E-state index contributed by atoms with van der Waals surface area (Å²) in [5.41, 5.74) is 3.52. The standard InChI is InChI=1S/C23H24FN3O5S/c1-12-9-10-17(24)20(14(12)3)15(4)21(22-25-26-23(29)32-22)27-33(30)18-8-6-7-13(2)16(18)11-19(28)31-5/h6-10,27H,11H2,1-5H3,(H,26,29)/b21-15+. The number of H-pyrrole nitrogens is 1. The third-order valence-electron chi connectivity index (χ3n) is 5.40. The smallest absolute Gasteiger partial charge is 0.434 e. The van der Waals surface area contributed by atoms with Crippen molar-refractivity contribution in [1.82, 2.24) is 14.9 Å². The second kappa shape index (κ2) is 9.95. The van der Waals surface area contributed by atoms with E-state index in [4.69, 9.17) is 9.15 Å². The molecule has 1 heterocycles. The van der Waals surface area contributed by atoms with Gasteiger partial charge < -0.3 is 9.15 Å². The Morgan fingerprint density at radius 1 is 1.21 bits per heavy atom. The third-order valence-corrected chi connectivity index (χ3v) is 6.57. The highest BCUT2D eigenvalue weighted by Gasteiger charge is 2.23. The van der Waals surface area contributed by atoms with Crippen molar-refractivity contribution < 1.29 is 22.5 Å². The molecule has 0 aliphatic heterocycles. The van der Waals surface area contributed by atoms with Gasteiger partial charge in [0, 0.05) is 5.56 Å². The molecule has 0 aliphatic rings. The van der Waals surface area contributed by atoms with Crippen molar-refractivity contribution in [3.05, 3.63) is 80.4 Å². The summed E-state index contributed by atoms with van der Waals surface area (Å²) in [5.74, 6) is -1.95. The van der Waals surface area contributed by atoms with E-state index in [2.05, 4.69) is 14.9 Å². The number of hydrogen-bond donors (Lipinski definition) is 2. The summed E-state index contributed by atoms with van der Waals surface area (Å²) in [6.45, 7) is 7.02. The summed E-state index contributed by atoms with van der Waals surface area (Å²) in [6, 6.07) is 8.11. The first-order valence-electron chi connectivity index (χ1n) is 10.0. The zero-order chi connectivity index (χ0) is 24.3. The minimum Gasteiger partial charge on any atom is -0.469 e. The maximum atomic E-state index is 14.8. The van der Waals surface area contributed by atoms with Gasteiger partial charge in [-0.05, 0) is 67.7 Å². The maximum Gasteiger partial charge on any atom is 0.434 e. The van der Waals surface area contributed by atoms with Crippen molar-refractivity contribution in [3.8, 4) is 0 Å². The second-order valence-electron chi connectivity index (χ2n) is 7.46. The van der Waals surface area contributed by atoms with E-state index in [0.29, 0.717) is 21.6 Å². The normalized spacial score (nSPS) is 12.8. The molecule has 0 spiro atoms. The van der Waals surface area contributed by atoms with E-state index in [1.54, 1.807) is 45.0 Å². The fourth-order valence-electron chi connectivity index (χ4n) is 3.43. The Morgan fingerprint density at radius 2 is 1.94 bits per heavy atom. The zero-order valence-electron chi connectivity index (χ0n) is 18.9. The van der Waals surface area contributed by atoms with Gasteiger partial charge in [0.1, 0.15) is 11.5 Å². The topological polar surface area (TPSA) is 114 Å². The number of nitrogens with one attached hydrogen (secondary N) is 2. The van der Waals surface area contributed by atoms with Crippen molar-refractivity contribution in [3.63, 3.8) is 0 Å². The lowest BCUT2D eigenvalue weighted by atomic mass is 9.96. The number of carbonyl (C=O) groups is 1. The number of ether oxygens (including phenoxy) is 1. The molecule has 33 heavy (non-hydrogen) atoms. The number of rotatable bonds is 7. The first-order chi connectivity index (χ1) is 15.6. The van der Waals surface area contributed by atoms with Crippen LogP contribution in [-0.4, -0.2) is 27.5 Å². The lowest BCUT2D eigenvalue weighted by Gasteiger charge is -2.17. The van der Waals surface area contributed by atoms with Crippen LogP contribution in [-0.2, 0) is 26.9 Å². The molecule has 174 valence electrons. The number of methoxy groups -OCH3 is 1. The summed E-state index contributed by atoms with van der Waals surface area (Å²) >= 11 is 0. The number of aromatic nitrogens is 2. The molecule has 10 heteroatoms. The number of aryl methyl sites for hydroxylation is 2. The SMILES string of the molecule is COC(=O)Cc1c(C)cccc1S(=O)N/C(=C(\C)c1c(F)ccc(C)c1C)c1n[nH]c(=O)o1. The Hall–Kier alpha value is -3.53. The Labute approximate surface area is 192 Å². The van der Waals surface area contributed by atoms with Crippen LogP contribution in [0.3, 0.4) is 0 Å². The van der Waals surface area contributed by atoms with Crippen molar-refractivity contribution >= 4 is 28.2 Å². The third kappa shape index (κ3) is 5.11. The second-order valence-corrected chi connectivity index (χ2v) is 8.64. The molecule has 0 amide bonds. The average molecular weight is 474 g/mol. The van der Waals surface area contributed by atoms with Gasteiger partial charge in [0.15, 0.2) is 11.0 Å². The van der Waals surface area contributed by atoms with Crippen LogP contribution in [0, 0.1) is 26.6 Å². The molecule has 0 saturated carbocycles. The van der Waals surface area contributed by atoms with E-state index in [1.165, 1.54) is 13.2 Å². The first kappa shape index (κ1) is 24.1. The molecule has 0 aliphatic carbocycles. The zero-order valence-corrected chi connectivity index (χ0v) is 19.7. The monoisotopic (exact) mass is 473 g/mol. The highest BCUT2D eigenvalue weighted by molar-refractivity contribution is 7.83. The van der Waals surface area contributed by atoms with Crippen LogP contribution >= 0.6 is 0 Å². The van der Waals surface area contributed by atoms with Gasteiger partial charge >= 0.3 is 11.7 Å². The lowest BCUT2D eigenvalue weighted by Crippen LogP contribution is -2.20. The van der Waals surface area contributed by atoms with Crippen LogP contribution in [0.25, 0.3) is 11.3 Å². The number of carbonyl (C=O) groups excluding carboxylic acids is 1. The Morgan fingerprint density at radius 3 is 2.58 bits per heavy atom. The number of nitrogens with zero attached hydrogens (tertiary/aromatic N) is 1. The maximum absolute atomic E-state index is 14.8. The molecule has 8 nitrogen and oxygen atoms in total. The molecule has 0 saturated heterocycles. The number of halogens is 1. The minimum atomic E-state index is -1.91. The molecule has 3 rings (SSSR count). The Kier molecular flexibility index (Phi) is 7.27. The van der Waals surface area contributed by atoms with Gasteiger partial charge in [0.25, 0.3) is 5.89 Å². The van der Waals surface area contributed by atoms with Crippen molar-refractivity contribution in [2.45, 2.75) is 39.0 Å². The van der Waals surface area contributed by atoms with Crippen LogP contribution in [0.1, 0.15) is 40.6 Å². The molecule has 1 unspecified atom stereocenters. The summed E-state index contributed by atoms with van der Waals surface area (Å²) in [4.78, 5) is 23.9. The van der Waals surface area contributed by atoms with Crippen molar-refractivity contribution in [1.29, 1.82) is 0 Å². The fraction of sp³-hybridized carbons (Fsp3) is 0.261. The molecule has 1 aromatic heterocycles. The first-order valence-corrected chi connectivity index (χ1v) is 11.2. The van der Waals surface area contributed by atoms with E-state index >= 15 is 0 Å². The van der Waals surface area contributed by atoms with Crippen LogP contribution in [0.15, 0.2) is 44.4 Å². The van der Waals surface area contributed by atoms with Gasteiger partial charge in [-0.3, -0.25) is 9.52 Å². The fourth-order valence-corrected chi connectivity index (χ4v) is 4.62. The summed E-state index contributed by atoms with van der Waals surface area (Å²) in [6.07, 6.45) is -0.0763. The Balaban J connectivity index is 2.15. The molecular weight excluding hydrogens is 449 g/mol. The van der Waals surface area contributed by atoms with Gasteiger partial charge in [-0.15, -0.1) is 5.10 Å². The number of esters is 1. The number of hydrogen-bond acceptors (Lipinski definition) is 6. The Bertz CT molecular complexity index is 1330.